The van der Waals surface area contributed by atoms with Crippen molar-refractivity contribution in [3.8, 4) is 11.8 Å². The van der Waals surface area contributed by atoms with Crippen molar-refractivity contribution in [3.05, 3.63) is 16.7 Å². The number of nitrogens with zero attached hydrogens (tertiary/aromatic N) is 3. The number of aliphatic hydroxyl groups is 1. The number of nitrogens with two attached hydrogens (primary N) is 2. The van der Waals surface area contributed by atoms with Crippen LogP contribution in [0.4, 0.5) is 5.95 Å². The number of imidazole rings is 1. The van der Waals surface area contributed by atoms with Crippen LogP contribution in [0, 0.1) is 17.8 Å². The van der Waals surface area contributed by atoms with Crippen LogP contribution in [-0.2, 0) is 31.6 Å². The Hall–Kier alpha value is -2.00. The zero-order chi connectivity index (χ0) is 28.0. The maximum Gasteiger partial charge on any atom is 0.490 e. The number of phosphoric ester groups is 1. The lowest BCUT2D eigenvalue weighted by Gasteiger charge is -2.30. The van der Waals surface area contributed by atoms with E-state index in [0.717, 1.165) is 13.3 Å². The van der Waals surface area contributed by atoms with Crippen molar-refractivity contribution >= 4 is 40.6 Å². The van der Waals surface area contributed by atoms with E-state index in [4.69, 9.17) is 30.5 Å². The van der Waals surface area contributed by atoms with Gasteiger partial charge in [0.2, 0.25) is 5.95 Å². The van der Waals surface area contributed by atoms with E-state index in [9.17, 15) is 33.4 Å². The number of hydrogen-bond acceptors (Lipinski definition) is 13. The molecular weight excluding hydrogens is 565 g/mol. The number of H-pyrrole nitrogens is 1. The number of nitrogens with one attached hydrogen (secondary N) is 1. The molecule has 0 radical (unpaired) electrons. The Balaban J connectivity index is 1.97. The summed E-state index contributed by atoms with van der Waals surface area (Å²) >= 11 is 0. The maximum absolute atomic E-state index is 12.3. The summed E-state index contributed by atoms with van der Waals surface area (Å²) in [5, 5.41) is 10.1. The Morgan fingerprint density at radius 2 is 1.92 bits per heavy atom. The van der Waals surface area contributed by atoms with E-state index in [1.165, 1.54) is 11.5 Å². The normalized spacial score (nSPS) is 28.3. The van der Waals surface area contributed by atoms with Gasteiger partial charge in [-0.25, -0.2) is 18.7 Å². The summed E-state index contributed by atoms with van der Waals surface area (Å²) in [5.74, 6) is 3.90. The number of aromatic amines is 1. The summed E-state index contributed by atoms with van der Waals surface area (Å²) in [6.45, 7) is 1.88. The van der Waals surface area contributed by atoms with E-state index < -0.39 is 65.5 Å². The van der Waals surface area contributed by atoms with Crippen LogP contribution in [0.3, 0.4) is 0 Å². The summed E-state index contributed by atoms with van der Waals surface area (Å²) in [6, 6.07) is 0. The standard InChI is InChI=1S/C15H23N6O13P3/c1-3-4-15(17)8(5-22)10(7(2)32-36(27,28)34-37(29,30)33-35(24,25)26)31-13(15)21-6-18-9-11(21)19-14(16)20-12(9)23/h6-8,10,13,22H,5,17H2,1-2H3,(H,27,28)(H,29,30)(H2,24,25,26)(H3,16,19,20,23)/t7-,8?,10+,13+,15?/m0/s1. The Kier molecular flexibility index (Phi) is 8.22. The van der Waals surface area contributed by atoms with Crippen molar-refractivity contribution in [2.24, 2.45) is 11.7 Å². The van der Waals surface area contributed by atoms with E-state index in [2.05, 4.69) is 35.4 Å². The fraction of sp³-hybridized carbons (Fsp3) is 0.533. The zero-order valence-corrected chi connectivity index (χ0v) is 21.6. The van der Waals surface area contributed by atoms with Crippen LogP contribution in [0.2, 0.25) is 0 Å². The number of hydrogen-bond donors (Lipinski definition) is 8. The number of nitrogen functional groups attached to an aromatic ring is 1. The molecule has 0 spiro atoms. The lowest BCUT2D eigenvalue weighted by Crippen LogP contribution is -2.52. The second-order valence-electron chi connectivity index (χ2n) is 7.73. The monoisotopic (exact) mass is 588 g/mol. The smallest absolute Gasteiger partial charge is 0.396 e. The molecule has 1 fully saturated rings. The van der Waals surface area contributed by atoms with E-state index in [1.807, 2.05) is 0 Å². The van der Waals surface area contributed by atoms with Gasteiger partial charge in [-0.3, -0.25) is 18.9 Å². The van der Waals surface area contributed by atoms with Gasteiger partial charge in [0.15, 0.2) is 17.4 Å². The average molecular weight is 588 g/mol. The van der Waals surface area contributed by atoms with E-state index in [0.29, 0.717) is 0 Å². The fourth-order valence-electron chi connectivity index (χ4n) is 3.85. The highest BCUT2D eigenvalue weighted by Crippen LogP contribution is 2.66. The number of rotatable bonds is 9. The Bertz CT molecular complexity index is 1440. The first-order valence-electron chi connectivity index (χ1n) is 9.96. The second-order valence-corrected chi connectivity index (χ2v) is 12.1. The van der Waals surface area contributed by atoms with Crippen LogP contribution in [0.25, 0.3) is 11.2 Å². The highest BCUT2D eigenvalue weighted by molar-refractivity contribution is 7.66. The molecule has 3 heterocycles. The van der Waals surface area contributed by atoms with Crippen molar-refractivity contribution in [3.63, 3.8) is 0 Å². The Morgan fingerprint density at radius 3 is 2.49 bits per heavy atom. The van der Waals surface area contributed by atoms with E-state index in [-0.39, 0.29) is 17.1 Å². The van der Waals surface area contributed by atoms with Gasteiger partial charge in [-0.1, -0.05) is 5.92 Å². The van der Waals surface area contributed by atoms with Crippen LogP contribution in [0.15, 0.2) is 11.1 Å². The third-order valence-electron chi connectivity index (χ3n) is 5.12. The lowest BCUT2D eigenvalue weighted by atomic mass is 9.81. The molecule has 1 aliphatic heterocycles. The third-order valence-corrected chi connectivity index (χ3v) is 9.05. The highest BCUT2D eigenvalue weighted by atomic mass is 31.3. The molecule has 37 heavy (non-hydrogen) atoms. The van der Waals surface area contributed by atoms with Gasteiger partial charge in [-0.15, -0.1) is 5.92 Å². The summed E-state index contributed by atoms with van der Waals surface area (Å²) in [6.07, 6.45) is -3.07. The van der Waals surface area contributed by atoms with Crippen LogP contribution < -0.4 is 17.0 Å². The van der Waals surface area contributed by atoms with Gasteiger partial charge in [-0.05, 0) is 13.8 Å². The van der Waals surface area contributed by atoms with Gasteiger partial charge >= 0.3 is 23.5 Å². The summed E-state index contributed by atoms with van der Waals surface area (Å²) < 4.78 is 54.2. The molecule has 4 unspecified atom stereocenters. The van der Waals surface area contributed by atoms with Crippen molar-refractivity contribution in [2.75, 3.05) is 12.3 Å². The molecule has 1 saturated heterocycles. The average Bonchev–Trinajstić information content (AvgIpc) is 3.23. The minimum absolute atomic E-state index is 0.0585. The number of aromatic nitrogens is 4. The first-order valence-corrected chi connectivity index (χ1v) is 14.5. The number of ether oxygens (including phenoxy) is 1. The molecule has 0 saturated carbocycles. The molecule has 2 aromatic rings. The molecule has 206 valence electrons. The Morgan fingerprint density at radius 1 is 1.27 bits per heavy atom. The molecule has 0 bridgehead atoms. The molecule has 2 aromatic heterocycles. The van der Waals surface area contributed by atoms with Crippen molar-refractivity contribution in [1.29, 1.82) is 0 Å². The quantitative estimate of drug-likeness (QED) is 0.124. The molecule has 1 aliphatic rings. The van der Waals surface area contributed by atoms with Crippen molar-refractivity contribution in [1.82, 2.24) is 19.5 Å². The molecule has 7 atom stereocenters. The van der Waals surface area contributed by atoms with E-state index >= 15 is 0 Å². The summed E-state index contributed by atoms with van der Waals surface area (Å²) in [4.78, 5) is 59.0. The van der Waals surface area contributed by atoms with Gasteiger partial charge < -0.3 is 40.9 Å². The van der Waals surface area contributed by atoms with Gasteiger partial charge in [0.1, 0.15) is 5.54 Å². The van der Waals surface area contributed by atoms with Crippen LogP contribution in [0.5, 0.6) is 0 Å². The minimum Gasteiger partial charge on any atom is -0.396 e. The van der Waals surface area contributed by atoms with Gasteiger partial charge in [0.05, 0.1) is 25.1 Å². The van der Waals surface area contributed by atoms with E-state index in [1.54, 1.807) is 0 Å². The predicted molar refractivity (Wildman–Crippen MR) is 122 cm³/mol. The topological polar surface area (TPSA) is 305 Å². The minimum atomic E-state index is -5.77. The van der Waals surface area contributed by atoms with Crippen LogP contribution in [-0.4, -0.2) is 68.6 Å². The second kappa shape index (κ2) is 10.3. The molecule has 3 rings (SSSR count). The SMILES string of the molecule is CC#CC1(N)C(CO)[C@@H]([C@H](C)OP(=O)(O)OP(=O)(O)OP(=O)(O)O)O[C@H]1n1cnc2c(=O)[nH]c(N)nc21. The summed E-state index contributed by atoms with van der Waals surface area (Å²) in [7, 11) is -16.9. The maximum atomic E-state index is 12.3. The molecule has 10 N–H and O–H groups in total. The largest absolute Gasteiger partial charge is 0.490 e. The van der Waals surface area contributed by atoms with Gasteiger partial charge in [0, 0.05) is 5.92 Å². The molecule has 22 heteroatoms. The van der Waals surface area contributed by atoms with Gasteiger partial charge in [-0.2, -0.15) is 13.6 Å². The zero-order valence-electron chi connectivity index (χ0n) is 18.9. The van der Waals surface area contributed by atoms with Crippen molar-refractivity contribution < 1.29 is 56.3 Å². The first-order chi connectivity index (χ1) is 16.9. The number of aliphatic hydroxyl groups excluding tert-OH is 1. The third kappa shape index (κ3) is 6.36. The predicted octanol–water partition coefficient (Wildman–Crippen LogP) is -1.34. The molecule has 0 aliphatic carbocycles. The summed E-state index contributed by atoms with van der Waals surface area (Å²) in [5.41, 5.74) is 9.55. The Labute approximate surface area is 207 Å². The molecule has 19 nitrogen and oxygen atoms in total. The molecule has 0 aromatic carbocycles. The van der Waals surface area contributed by atoms with Gasteiger partial charge in [0.25, 0.3) is 5.56 Å². The highest BCUT2D eigenvalue weighted by Gasteiger charge is 2.57. The number of phosphoric acid groups is 3. The lowest BCUT2D eigenvalue weighted by molar-refractivity contribution is -0.0656. The van der Waals surface area contributed by atoms with Crippen LogP contribution >= 0.6 is 23.5 Å². The molecular formula is C15H23N6O13P3. The number of fused-ring (bicyclic) bond motifs is 1. The fourth-order valence-corrected chi connectivity index (χ4v) is 7.05. The van der Waals surface area contributed by atoms with Crippen molar-refractivity contribution in [2.45, 2.75) is 37.8 Å². The molecule has 0 amide bonds. The number of anilines is 1. The first kappa shape index (κ1) is 29.6. The van der Waals surface area contributed by atoms with Crippen LogP contribution in [0.1, 0.15) is 20.1 Å².